The summed E-state index contributed by atoms with van der Waals surface area (Å²) in [5, 5.41) is 3.33. The van der Waals surface area contributed by atoms with E-state index in [1.165, 1.54) is 5.56 Å². The Morgan fingerprint density at radius 3 is 2.52 bits per heavy atom. The fourth-order valence-corrected chi connectivity index (χ4v) is 2.14. The third-order valence-electron chi connectivity index (χ3n) is 3.16. The average molecular weight is 303 g/mol. The zero-order chi connectivity index (χ0) is 15.6. The van der Waals surface area contributed by atoms with Crippen LogP contribution >= 0.6 is 0 Å². The van der Waals surface area contributed by atoms with Crippen molar-refractivity contribution in [1.29, 1.82) is 0 Å². The molecule has 0 aliphatic carbocycles. The van der Waals surface area contributed by atoms with E-state index in [9.17, 15) is 13.2 Å². The molecule has 0 fully saturated rings. The van der Waals surface area contributed by atoms with Crippen molar-refractivity contribution >= 4 is 0 Å². The molecule has 0 heterocycles. The van der Waals surface area contributed by atoms with Crippen molar-refractivity contribution in [3.63, 3.8) is 0 Å². The monoisotopic (exact) mass is 303 g/mol. The van der Waals surface area contributed by atoms with Crippen LogP contribution in [-0.4, -0.2) is 32.5 Å². The van der Waals surface area contributed by atoms with Crippen LogP contribution in [0.2, 0.25) is 0 Å². The highest BCUT2D eigenvalue weighted by Crippen LogP contribution is 2.16. The molecule has 0 amide bonds. The summed E-state index contributed by atoms with van der Waals surface area (Å²) in [6.45, 7) is 2.80. The van der Waals surface area contributed by atoms with Gasteiger partial charge in [0.25, 0.3) is 0 Å². The maximum Gasteiger partial charge on any atom is 0.411 e. The van der Waals surface area contributed by atoms with Gasteiger partial charge in [-0.05, 0) is 43.8 Å². The van der Waals surface area contributed by atoms with E-state index in [1.54, 1.807) is 0 Å². The Morgan fingerprint density at radius 2 is 1.90 bits per heavy atom. The van der Waals surface area contributed by atoms with Crippen LogP contribution in [0.4, 0.5) is 13.2 Å². The van der Waals surface area contributed by atoms with Gasteiger partial charge in [-0.2, -0.15) is 13.2 Å². The molecule has 0 bridgehead atoms. The Morgan fingerprint density at radius 1 is 1.19 bits per heavy atom. The van der Waals surface area contributed by atoms with Gasteiger partial charge < -0.3 is 10.1 Å². The summed E-state index contributed by atoms with van der Waals surface area (Å²) in [5.74, 6) is 0.284. The number of benzene rings is 1. The lowest BCUT2D eigenvalue weighted by Gasteiger charge is -2.18. The summed E-state index contributed by atoms with van der Waals surface area (Å²) in [6, 6.07) is 10.0. The molecule has 2 nitrogen and oxygen atoms in total. The number of hydrogen-bond donors (Lipinski definition) is 1. The van der Waals surface area contributed by atoms with Gasteiger partial charge >= 0.3 is 6.18 Å². The highest BCUT2D eigenvalue weighted by Gasteiger charge is 2.27. The van der Waals surface area contributed by atoms with Crippen LogP contribution in [-0.2, 0) is 11.2 Å². The molecule has 120 valence electrons. The molecule has 21 heavy (non-hydrogen) atoms. The number of nitrogens with one attached hydrogen (secondary N) is 1. The van der Waals surface area contributed by atoms with Gasteiger partial charge in [-0.3, -0.25) is 0 Å². The van der Waals surface area contributed by atoms with Crippen LogP contribution in [0.3, 0.4) is 0 Å². The van der Waals surface area contributed by atoms with E-state index in [0.29, 0.717) is 6.42 Å². The van der Waals surface area contributed by atoms with Crippen LogP contribution < -0.4 is 5.32 Å². The number of ether oxygens (including phenoxy) is 1. The molecule has 1 unspecified atom stereocenters. The first kappa shape index (κ1) is 18.0. The van der Waals surface area contributed by atoms with Crippen LogP contribution in [0.5, 0.6) is 0 Å². The van der Waals surface area contributed by atoms with E-state index in [1.807, 2.05) is 30.3 Å². The zero-order valence-corrected chi connectivity index (χ0v) is 12.5. The van der Waals surface area contributed by atoms with Crippen molar-refractivity contribution in [2.24, 2.45) is 5.92 Å². The topological polar surface area (TPSA) is 21.3 Å². The number of hydrogen-bond acceptors (Lipinski definition) is 2. The highest BCUT2D eigenvalue weighted by molar-refractivity contribution is 5.15. The molecule has 5 heteroatoms. The quantitative estimate of drug-likeness (QED) is 0.664. The molecule has 0 aromatic heterocycles. The average Bonchev–Trinajstić information content (AvgIpc) is 2.43. The van der Waals surface area contributed by atoms with Crippen molar-refractivity contribution in [3.05, 3.63) is 35.9 Å². The zero-order valence-electron chi connectivity index (χ0n) is 12.5. The summed E-state index contributed by atoms with van der Waals surface area (Å²) in [4.78, 5) is 0. The van der Waals surface area contributed by atoms with Gasteiger partial charge in [0.1, 0.15) is 6.61 Å². The van der Waals surface area contributed by atoms with E-state index in [-0.39, 0.29) is 12.5 Å². The second-order valence-electron chi connectivity index (χ2n) is 5.22. The van der Waals surface area contributed by atoms with Gasteiger partial charge in [0.2, 0.25) is 0 Å². The molecule has 1 rings (SSSR count). The largest absolute Gasteiger partial charge is 0.411 e. The molecule has 1 N–H and O–H groups in total. The summed E-state index contributed by atoms with van der Waals surface area (Å²) in [7, 11) is 0. The molecule has 0 aliphatic heterocycles. The van der Waals surface area contributed by atoms with E-state index in [2.05, 4.69) is 12.2 Å². The second-order valence-corrected chi connectivity index (χ2v) is 5.22. The predicted octanol–water partition coefficient (Wildman–Crippen LogP) is 3.81. The summed E-state index contributed by atoms with van der Waals surface area (Å²) >= 11 is 0. The number of rotatable bonds is 10. The molecule has 1 atom stereocenters. The first-order chi connectivity index (χ1) is 10.0. The molecule has 0 spiro atoms. The summed E-state index contributed by atoms with van der Waals surface area (Å²) in [5.41, 5.74) is 1.21. The van der Waals surface area contributed by atoms with E-state index in [0.717, 1.165) is 25.9 Å². The molecule has 0 aliphatic rings. The second kappa shape index (κ2) is 9.79. The summed E-state index contributed by atoms with van der Waals surface area (Å²) < 4.78 is 40.8. The van der Waals surface area contributed by atoms with E-state index >= 15 is 0 Å². The van der Waals surface area contributed by atoms with Gasteiger partial charge in [0.05, 0.1) is 0 Å². The first-order valence-corrected chi connectivity index (χ1v) is 7.40. The van der Waals surface area contributed by atoms with Crippen LogP contribution in [0, 0.1) is 5.92 Å². The fourth-order valence-electron chi connectivity index (χ4n) is 2.14. The van der Waals surface area contributed by atoms with Gasteiger partial charge in [0.15, 0.2) is 0 Å². The Kier molecular flexibility index (Phi) is 8.38. The SMILES string of the molecule is CCCNCC(CCOCC(F)(F)F)Cc1ccccc1. The third kappa shape index (κ3) is 9.47. The minimum atomic E-state index is -4.24. The minimum absolute atomic E-state index is 0.144. The minimum Gasteiger partial charge on any atom is -0.372 e. The molecule has 0 saturated heterocycles. The van der Waals surface area contributed by atoms with Crippen molar-refractivity contribution in [2.75, 3.05) is 26.3 Å². The maximum absolute atomic E-state index is 12.0. The lowest BCUT2D eigenvalue weighted by atomic mass is 9.96. The van der Waals surface area contributed by atoms with Crippen molar-refractivity contribution in [1.82, 2.24) is 5.32 Å². The Balaban J connectivity index is 2.37. The Hall–Kier alpha value is -1.07. The molecule has 1 aromatic carbocycles. The molecule has 1 aromatic rings. The Bertz CT molecular complexity index is 368. The molecular weight excluding hydrogens is 279 g/mol. The summed E-state index contributed by atoms with van der Waals surface area (Å²) in [6.07, 6.45) is -1.72. The van der Waals surface area contributed by atoms with Crippen molar-refractivity contribution < 1.29 is 17.9 Å². The fraction of sp³-hybridized carbons (Fsp3) is 0.625. The molecular formula is C16H24F3NO. The smallest absolute Gasteiger partial charge is 0.372 e. The van der Waals surface area contributed by atoms with Crippen LogP contribution in [0.1, 0.15) is 25.3 Å². The maximum atomic E-state index is 12.0. The van der Waals surface area contributed by atoms with Crippen molar-refractivity contribution in [3.8, 4) is 0 Å². The molecule has 0 radical (unpaired) electrons. The number of halogens is 3. The first-order valence-electron chi connectivity index (χ1n) is 7.40. The van der Waals surface area contributed by atoms with Gasteiger partial charge in [-0.25, -0.2) is 0 Å². The predicted molar refractivity (Wildman–Crippen MR) is 78.3 cm³/mol. The highest BCUT2D eigenvalue weighted by atomic mass is 19.4. The van der Waals surface area contributed by atoms with Crippen LogP contribution in [0.15, 0.2) is 30.3 Å². The normalized spacial score (nSPS) is 13.3. The van der Waals surface area contributed by atoms with Gasteiger partial charge in [0, 0.05) is 6.61 Å². The van der Waals surface area contributed by atoms with Crippen LogP contribution in [0.25, 0.3) is 0 Å². The van der Waals surface area contributed by atoms with Gasteiger partial charge in [-0.1, -0.05) is 37.3 Å². The number of alkyl halides is 3. The Labute approximate surface area is 124 Å². The van der Waals surface area contributed by atoms with E-state index in [4.69, 9.17) is 4.74 Å². The van der Waals surface area contributed by atoms with Crippen molar-refractivity contribution in [2.45, 2.75) is 32.4 Å². The third-order valence-corrected chi connectivity index (χ3v) is 3.16. The lowest BCUT2D eigenvalue weighted by Crippen LogP contribution is -2.26. The molecule has 0 saturated carbocycles. The standard InChI is InChI=1S/C16H24F3NO/c1-2-9-20-12-15(8-10-21-13-16(17,18)19)11-14-6-4-3-5-7-14/h3-7,15,20H,2,8-13H2,1H3. The van der Waals surface area contributed by atoms with Gasteiger partial charge in [-0.15, -0.1) is 0 Å². The lowest BCUT2D eigenvalue weighted by molar-refractivity contribution is -0.174. The van der Waals surface area contributed by atoms with E-state index < -0.39 is 12.8 Å².